The number of esters is 1. The summed E-state index contributed by atoms with van der Waals surface area (Å²) < 4.78 is 29.5. The second-order valence-corrected chi connectivity index (χ2v) is 2.88. The molecule has 1 aromatic heterocycles. The van der Waals surface area contributed by atoms with E-state index in [1.807, 2.05) is 0 Å². The predicted octanol–water partition coefficient (Wildman–Crippen LogP) is 1.41. The van der Waals surface area contributed by atoms with Crippen molar-refractivity contribution >= 4 is 5.97 Å². The molecule has 0 saturated carbocycles. The number of hydrogen-bond donors (Lipinski definition) is 1. The molecular formula is C9H9F2NO3. The molecule has 0 amide bonds. The lowest BCUT2D eigenvalue weighted by molar-refractivity contribution is 0.0586. The number of nitrogens with one attached hydrogen (secondary N) is 1. The Morgan fingerprint density at radius 3 is 2.60 bits per heavy atom. The SMILES string of the molecule is COC(=O)c1c(C(F)F)c(C)c[nH]c1=O. The molecule has 0 bridgehead atoms. The predicted molar refractivity (Wildman–Crippen MR) is 48.1 cm³/mol. The van der Waals surface area contributed by atoms with E-state index in [1.165, 1.54) is 6.92 Å². The summed E-state index contributed by atoms with van der Waals surface area (Å²) in [6, 6.07) is 0. The summed E-state index contributed by atoms with van der Waals surface area (Å²) in [5.74, 6) is -1.06. The van der Waals surface area contributed by atoms with Crippen LogP contribution in [-0.4, -0.2) is 18.1 Å². The van der Waals surface area contributed by atoms with E-state index in [0.717, 1.165) is 13.3 Å². The Bertz CT molecular complexity index is 439. The Labute approximate surface area is 83.9 Å². The lowest BCUT2D eigenvalue weighted by Gasteiger charge is -2.08. The molecule has 1 N–H and O–H groups in total. The van der Waals surface area contributed by atoms with Gasteiger partial charge < -0.3 is 9.72 Å². The molecule has 6 heteroatoms. The monoisotopic (exact) mass is 217 g/mol. The molecule has 0 spiro atoms. The summed E-state index contributed by atoms with van der Waals surface area (Å²) in [6.07, 6.45) is -1.75. The van der Waals surface area contributed by atoms with Crippen LogP contribution in [0.3, 0.4) is 0 Å². The average Bonchev–Trinajstić information content (AvgIpc) is 2.19. The van der Waals surface area contributed by atoms with Crippen molar-refractivity contribution in [2.75, 3.05) is 7.11 Å². The smallest absolute Gasteiger partial charge is 0.344 e. The van der Waals surface area contributed by atoms with Crippen LogP contribution >= 0.6 is 0 Å². The number of alkyl halides is 2. The minimum Gasteiger partial charge on any atom is -0.465 e. The third-order valence-electron chi connectivity index (χ3n) is 1.95. The Morgan fingerprint density at radius 2 is 2.13 bits per heavy atom. The van der Waals surface area contributed by atoms with Crippen LogP contribution in [0.2, 0.25) is 0 Å². The van der Waals surface area contributed by atoms with Gasteiger partial charge in [-0.25, -0.2) is 13.6 Å². The van der Waals surface area contributed by atoms with Gasteiger partial charge in [-0.1, -0.05) is 0 Å². The molecule has 82 valence electrons. The summed E-state index contributed by atoms with van der Waals surface area (Å²) in [5, 5.41) is 0. The van der Waals surface area contributed by atoms with Crippen LogP contribution in [0.5, 0.6) is 0 Å². The minimum atomic E-state index is -2.89. The summed E-state index contributed by atoms with van der Waals surface area (Å²) in [5.41, 5.74) is -1.94. The van der Waals surface area contributed by atoms with E-state index in [1.54, 1.807) is 0 Å². The van der Waals surface area contributed by atoms with Gasteiger partial charge in [0, 0.05) is 11.8 Å². The number of H-pyrrole nitrogens is 1. The maximum atomic E-state index is 12.6. The number of pyridine rings is 1. The van der Waals surface area contributed by atoms with E-state index in [0.29, 0.717) is 0 Å². The van der Waals surface area contributed by atoms with Crippen LogP contribution in [-0.2, 0) is 4.74 Å². The van der Waals surface area contributed by atoms with Gasteiger partial charge in [-0.2, -0.15) is 0 Å². The first-order valence-corrected chi connectivity index (χ1v) is 4.07. The largest absolute Gasteiger partial charge is 0.465 e. The molecule has 0 aliphatic heterocycles. The molecule has 0 fully saturated rings. The fraction of sp³-hybridized carbons (Fsp3) is 0.333. The molecule has 4 nitrogen and oxygen atoms in total. The molecule has 1 heterocycles. The van der Waals surface area contributed by atoms with Crippen molar-refractivity contribution in [2.45, 2.75) is 13.3 Å². The molecular weight excluding hydrogens is 208 g/mol. The fourth-order valence-electron chi connectivity index (χ4n) is 1.23. The summed E-state index contributed by atoms with van der Waals surface area (Å²) in [7, 11) is 1.03. The van der Waals surface area contributed by atoms with Crippen LogP contribution in [0.15, 0.2) is 11.0 Å². The standard InChI is InChI=1S/C9H9F2NO3/c1-4-3-12-8(13)6(9(14)15-2)5(4)7(10)11/h3,7H,1-2H3,(H,12,13). The van der Waals surface area contributed by atoms with Gasteiger partial charge in [0.25, 0.3) is 12.0 Å². The van der Waals surface area contributed by atoms with E-state index in [4.69, 9.17) is 0 Å². The van der Waals surface area contributed by atoms with Gasteiger partial charge in [0.05, 0.1) is 7.11 Å². The number of aryl methyl sites for hydroxylation is 1. The van der Waals surface area contributed by atoms with Gasteiger partial charge in [0.15, 0.2) is 0 Å². The van der Waals surface area contributed by atoms with E-state index in [9.17, 15) is 18.4 Å². The first-order valence-electron chi connectivity index (χ1n) is 4.07. The molecule has 0 atom stereocenters. The first-order chi connectivity index (χ1) is 6.99. The second kappa shape index (κ2) is 4.20. The molecule has 0 unspecified atom stereocenters. The number of methoxy groups -OCH3 is 1. The van der Waals surface area contributed by atoms with Gasteiger partial charge in [0.2, 0.25) is 0 Å². The number of ether oxygens (including phenoxy) is 1. The number of aromatic amines is 1. The summed E-state index contributed by atoms with van der Waals surface area (Å²) in [4.78, 5) is 24.5. The van der Waals surface area contributed by atoms with Gasteiger partial charge >= 0.3 is 5.97 Å². The number of hydrogen-bond acceptors (Lipinski definition) is 3. The number of aromatic nitrogens is 1. The number of carbonyl (C=O) groups excluding carboxylic acids is 1. The summed E-state index contributed by atoms with van der Waals surface area (Å²) in [6.45, 7) is 1.38. The first kappa shape index (κ1) is 11.4. The minimum absolute atomic E-state index is 0.144. The van der Waals surface area contributed by atoms with Crippen molar-refractivity contribution in [3.63, 3.8) is 0 Å². The van der Waals surface area contributed by atoms with Gasteiger partial charge in [-0.15, -0.1) is 0 Å². The summed E-state index contributed by atoms with van der Waals surface area (Å²) >= 11 is 0. The molecule has 15 heavy (non-hydrogen) atoms. The Kier molecular flexibility index (Phi) is 3.18. The van der Waals surface area contributed by atoms with Crippen molar-refractivity contribution in [3.05, 3.63) is 33.2 Å². The average molecular weight is 217 g/mol. The maximum Gasteiger partial charge on any atom is 0.344 e. The zero-order chi connectivity index (χ0) is 11.6. The molecule has 0 saturated heterocycles. The highest BCUT2D eigenvalue weighted by molar-refractivity contribution is 5.91. The molecule has 1 aromatic rings. The van der Waals surface area contributed by atoms with E-state index in [2.05, 4.69) is 9.72 Å². The fourth-order valence-corrected chi connectivity index (χ4v) is 1.23. The van der Waals surface area contributed by atoms with Crippen LogP contribution < -0.4 is 5.56 Å². The number of rotatable bonds is 2. The Morgan fingerprint density at radius 1 is 1.53 bits per heavy atom. The van der Waals surface area contributed by atoms with Crippen molar-refractivity contribution in [2.24, 2.45) is 0 Å². The topological polar surface area (TPSA) is 59.2 Å². The normalized spacial score (nSPS) is 10.5. The molecule has 0 aliphatic carbocycles. The van der Waals surface area contributed by atoms with Gasteiger partial charge in [0.1, 0.15) is 5.56 Å². The van der Waals surface area contributed by atoms with Gasteiger partial charge in [-0.05, 0) is 12.5 Å². The second-order valence-electron chi connectivity index (χ2n) is 2.88. The van der Waals surface area contributed by atoms with Crippen LogP contribution in [0.25, 0.3) is 0 Å². The van der Waals surface area contributed by atoms with Crippen molar-refractivity contribution in [3.8, 4) is 0 Å². The lowest BCUT2D eigenvalue weighted by atomic mass is 10.1. The molecule has 1 rings (SSSR count). The molecule has 0 aromatic carbocycles. The van der Waals surface area contributed by atoms with Crippen LogP contribution in [0.4, 0.5) is 8.78 Å². The van der Waals surface area contributed by atoms with Crippen molar-refractivity contribution in [1.82, 2.24) is 4.98 Å². The van der Waals surface area contributed by atoms with E-state index < -0.39 is 29.1 Å². The highest BCUT2D eigenvalue weighted by Gasteiger charge is 2.24. The molecule has 0 radical (unpaired) electrons. The van der Waals surface area contributed by atoms with Crippen molar-refractivity contribution < 1.29 is 18.3 Å². The third-order valence-corrected chi connectivity index (χ3v) is 1.95. The van der Waals surface area contributed by atoms with E-state index in [-0.39, 0.29) is 5.56 Å². The van der Waals surface area contributed by atoms with Crippen LogP contribution in [0, 0.1) is 6.92 Å². The van der Waals surface area contributed by atoms with Crippen LogP contribution in [0.1, 0.15) is 27.9 Å². The maximum absolute atomic E-state index is 12.6. The zero-order valence-corrected chi connectivity index (χ0v) is 8.14. The highest BCUT2D eigenvalue weighted by Crippen LogP contribution is 2.24. The van der Waals surface area contributed by atoms with Crippen molar-refractivity contribution in [1.29, 1.82) is 0 Å². The highest BCUT2D eigenvalue weighted by atomic mass is 19.3. The Hall–Kier alpha value is -1.72. The zero-order valence-electron chi connectivity index (χ0n) is 8.14. The van der Waals surface area contributed by atoms with Gasteiger partial charge in [-0.3, -0.25) is 4.79 Å². The quantitative estimate of drug-likeness (QED) is 0.762. The number of carbonyl (C=O) groups is 1. The Balaban J connectivity index is 3.52. The third kappa shape index (κ3) is 2.03. The van der Waals surface area contributed by atoms with E-state index >= 15 is 0 Å². The molecule has 0 aliphatic rings. The lowest BCUT2D eigenvalue weighted by Crippen LogP contribution is -2.22. The number of halogens is 2.